The van der Waals surface area contributed by atoms with Gasteiger partial charge in [-0.2, -0.15) is 5.26 Å². The molecule has 0 spiro atoms. The molecule has 1 heterocycles. The summed E-state index contributed by atoms with van der Waals surface area (Å²) in [5.41, 5.74) is 0. The molecule has 0 aromatic heterocycles. The van der Waals surface area contributed by atoms with E-state index in [0.29, 0.717) is 6.54 Å². The fourth-order valence-corrected chi connectivity index (χ4v) is 2.46. The van der Waals surface area contributed by atoms with E-state index in [2.05, 4.69) is 35.0 Å². The van der Waals surface area contributed by atoms with E-state index < -0.39 is 0 Å². The van der Waals surface area contributed by atoms with E-state index in [1.165, 1.54) is 0 Å². The van der Waals surface area contributed by atoms with E-state index in [4.69, 9.17) is 0 Å². The lowest BCUT2D eigenvalue weighted by Crippen LogP contribution is -2.52. The summed E-state index contributed by atoms with van der Waals surface area (Å²) in [7, 11) is 0. The topological polar surface area (TPSA) is 59.4 Å². The van der Waals surface area contributed by atoms with Gasteiger partial charge in [-0.25, -0.2) is 0 Å². The van der Waals surface area contributed by atoms with E-state index in [9.17, 15) is 10.1 Å². The van der Waals surface area contributed by atoms with Crippen molar-refractivity contribution in [2.75, 3.05) is 32.7 Å². The Balaban J connectivity index is 2.31. The van der Waals surface area contributed by atoms with Crippen molar-refractivity contribution in [1.29, 1.82) is 5.26 Å². The van der Waals surface area contributed by atoms with Crippen molar-refractivity contribution < 1.29 is 4.79 Å². The highest BCUT2D eigenvalue weighted by molar-refractivity contribution is 5.78. The second-order valence-corrected chi connectivity index (χ2v) is 5.62. The van der Waals surface area contributed by atoms with Crippen molar-refractivity contribution in [1.82, 2.24) is 15.1 Å². The predicted octanol–water partition coefficient (Wildman–Crippen LogP) is 1.21. The molecule has 0 radical (unpaired) electrons. The Morgan fingerprint density at radius 1 is 1.30 bits per heavy atom. The van der Waals surface area contributed by atoms with Gasteiger partial charge >= 0.3 is 0 Å². The van der Waals surface area contributed by atoms with Crippen LogP contribution in [0.5, 0.6) is 0 Å². The molecule has 2 atom stereocenters. The molecule has 1 rings (SSSR count). The summed E-state index contributed by atoms with van der Waals surface area (Å²) in [5, 5.41) is 12.2. The lowest BCUT2D eigenvalue weighted by atomic mass is 10.1. The van der Waals surface area contributed by atoms with E-state index in [1.807, 2.05) is 6.92 Å². The minimum Gasteiger partial charge on any atom is -0.353 e. The lowest BCUT2D eigenvalue weighted by Gasteiger charge is -2.36. The van der Waals surface area contributed by atoms with Crippen LogP contribution in [0.1, 0.15) is 40.0 Å². The van der Waals surface area contributed by atoms with Gasteiger partial charge < -0.3 is 5.32 Å². The molecule has 0 aromatic rings. The first-order valence-corrected chi connectivity index (χ1v) is 7.76. The van der Waals surface area contributed by atoms with Crippen molar-refractivity contribution >= 4 is 5.91 Å². The molecule has 0 aliphatic carbocycles. The van der Waals surface area contributed by atoms with Crippen molar-refractivity contribution in [3.63, 3.8) is 0 Å². The van der Waals surface area contributed by atoms with Gasteiger partial charge in [-0.05, 0) is 19.8 Å². The zero-order chi connectivity index (χ0) is 15.0. The standard InChI is InChI=1S/C15H28N4O/c1-4-6-14(11-16)19-9-7-18(8-10-19)12-15(20)17-13(3)5-2/h13-14H,4-10,12H2,1-3H3,(H,17,20). The van der Waals surface area contributed by atoms with Gasteiger partial charge in [0.05, 0.1) is 18.7 Å². The first-order valence-electron chi connectivity index (χ1n) is 7.76. The van der Waals surface area contributed by atoms with Crippen LogP contribution < -0.4 is 5.32 Å². The molecule has 20 heavy (non-hydrogen) atoms. The van der Waals surface area contributed by atoms with E-state index in [-0.39, 0.29) is 18.0 Å². The SMILES string of the molecule is CCCC(C#N)N1CCN(CC(=O)NC(C)CC)CC1. The maximum atomic E-state index is 11.8. The van der Waals surface area contributed by atoms with Crippen molar-refractivity contribution in [2.24, 2.45) is 0 Å². The predicted molar refractivity (Wildman–Crippen MR) is 80.2 cm³/mol. The van der Waals surface area contributed by atoms with Crippen molar-refractivity contribution in [3.05, 3.63) is 0 Å². The fourth-order valence-electron chi connectivity index (χ4n) is 2.46. The summed E-state index contributed by atoms with van der Waals surface area (Å²) in [6.45, 7) is 10.2. The summed E-state index contributed by atoms with van der Waals surface area (Å²) < 4.78 is 0. The Kier molecular flexibility index (Phi) is 7.56. The first-order chi connectivity index (χ1) is 9.60. The van der Waals surface area contributed by atoms with E-state index in [1.54, 1.807) is 0 Å². The number of hydrogen-bond acceptors (Lipinski definition) is 4. The highest BCUT2D eigenvalue weighted by atomic mass is 16.2. The number of nitrogens with zero attached hydrogens (tertiary/aromatic N) is 3. The zero-order valence-electron chi connectivity index (χ0n) is 13.1. The summed E-state index contributed by atoms with van der Waals surface area (Å²) >= 11 is 0. The van der Waals surface area contributed by atoms with Crippen LogP contribution in [0.3, 0.4) is 0 Å². The summed E-state index contributed by atoms with van der Waals surface area (Å²) in [5.74, 6) is 0.109. The Hall–Kier alpha value is -1.12. The van der Waals surface area contributed by atoms with E-state index in [0.717, 1.165) is 45.4 Å². The Labute approximate surface area is 122 Å². The van der Waals surface area contributed by atoms with Gasteiger partial charge in [-0.15, -0.1) is 0 Å². The van der Waals surface area contributed by atoms with Crippen LogP contribution in [-0.2, 0) is 4.79 Å². The fraction of sp³-hybridized carbons (Fsp3) is 0.867. The molecule has 0 bridgehead atoms. The average Bonchev–Trinajstić information content (AvgIpc) is 2.45. The molecule has 1 aliphatic heterocycles. The molecule has 1 N–H and O–H groups in total. The maximum absolute atomic E-state index is 11.8. The summed E-state index contributed by atoms with van der Waals surface area (Å²) in [6.07, 6.45) is 2.93. The third-order valence-corrected chi connectivity index (χ3v) is 3.95. The highest BCUT2D eigenvalue weighted by Crippen LogP contribution is 2.10. The van der Waals surface area contributed by atoms with E-state index >= 15 is 0 Å². The number of nitrogens with one attached hydrogen (secondary N) is 1. The second-order valence-electron chi connectivity index (χ2n) is 5.62. The molecule has 1 saturated heterocycles. The second kappa shape index (κ2) is 8.93. The van der Waals surface area contributed by atoms with Gasteiger partial charge in [0.15, 0.2) is 0 Å². The largest absolute Gasteiger partial charge is 0.353 e. The monoisotopic (exact) mass is 280 g/mol. The van der Waals surface area contributed by atoms with Gasteiger partial charge in [0.2, 0.25) is 5.91 Å². The number of rotatable bonds is 7. The number of amides is 1. The first kappa shape index (κ1) is 16.9. The van der Waals surface area contributed by atoms with Gasteiger partial charge in [-0.3, -0.25) is 14.6 Å². The molecule has 114 valence electrons. The molecule has 2 unspecified atom stereocenters. The van der Waals surface area contributed by atoms with Crippen LogP contribution in [-0.4, -0.2) is 60.5 Å². The quantitative estimate of drug-likeness (QED) is 0.761. The number of carbonyl (C=O) groups excluding carboxylic acids is 1. The van der Waals surface area contributed by atoms with Crippen molar-refractivity contribution in [3.8, 4) is 6.07 Å². The summed E-state index contributed by atoms with van der Waals surface area (Å²) in [6, 6.07) is 2.67. The third kappa shape index (κ3) is 5.48. The number of piperazine rings is 1. The Bertz CT molecular complexity index is 331. The summed E-state index contributed by atoms with van der Waals surface area (Å²) in [4.78, 5) is 16.3. The van der Waals surface area contributed by atoms with Crippen LogP contribution in [0.15, 0.2) is 0 Å². The van der Waals surface area contributed by atoms with Gasteiger partial charge in [0.1, 0.15) is 0 Å². The Morgan fingerprint density at radius 3 is 2.45 bits per heavy atom. The third-order valence-electron chi connectivity index (χ3n) is 3.95. The number of carbonyl (C=O) groups is 1. The molecular formula is C15H28N4O. The zero-order valence-corrected chi connectivity index (χ0v) is 13.1. The lowest BCUT2D eigenvalue weighted by molar-refractivity contribution is -0.123. The van der Waals surface area contributed by atoms with Crippen LogP contribution in [0.2, 0.25) is 0 Å². The van der Waals surface area contributed by atoms with Crippen LogP contribution >= 0.6 is 0 Å². The maximum Gasteiger partial charge on any atom is 0.234 e. The van der Waals surface area contributed by atoms with Gasteiger partial charge in [0.25, 0.3) is 0 Å². The van der Waals surface area contributed by atoms with Crippen molar-refractivity contribution in [2.45, 2.75) is 52.1 Å². The van der Waals surface area contributed by atoms with Gasteiger partial charge in [0, 0.05) is 32.2 Å². The molecule has 1 amide bonds. The molecule has 1 fully saturated rings. The average molecular weight is 280 g/mol. The highest BCUT2D eigenvalue weighted by Gasteiger charge is 2.24. The normalized spacial score (nSPS) is 20.1. The smallest absolute Gasteiger partial charge is 0.234 e. The minimum absolute atomic E-state index is 0.0380. The number of nitriles is 1. The van der Waals surface area contributed by atoms with Crippen LogP contribution in [0.25, 0.3) is 0 Å². The minimum atomic E-state index is 0.0380. The molecular weight excluding hydrogens is 252 g/mol. The Morgan fingerprint density at radius 2 is 1.95 bits per heavy atom. The molecule has 5 nitrogen and oxygen atoms in total. The number of hydrogen-bond donors (Lipinski definition) is 1. The van der Waals surface area contributed by atoms with Gasteiger partial charge in [-0.1, -0.05) is 20.3 Å². The molecule has 1 aliphatic rings. The molecule has 5 heteroatoms. The van der Waals surface area contributed by atoms with Crippen LogP contribution in [0.4, 0.5) is 0 Å². The van der Waals surface area contributed by atoms with Crippen LogP contribution in [0, 0.1) is 11.3 Å². The molecule has 0 aromatic carbocycles. The molecule has 0 saturated carbocycles.